The minimum absolute atomic E-state index is 0.121. The highest BCUT2D eigenvalue weighted by Gasteiger charge is 2.04. The number of ether oxygens (including phenoxy) is 1. The smallest absolute Gasteiger partial charge is 0.144 e. The summed E-state index contributed by atoms with van der Waals surface area (Å²) in [5.74, 6) is 0.736. The average Bonchev–Trinajstić information content (AvgIpc) is 2.37. The van der Waals surface area contributed by atoms with Crippen molar-refractivity contribution in [1.82, 2.24) is 0 Å². The van der Waals surface area contributed by atoms with E-state index in [0.717, 1.165) is 43.7 Å². The quantitative estimate of drug-likeness (QED) is 0.475. The van der Waals surface area contributed by atoms with Gasteiger partial charge in [-0.25, -0.2) is 0 Å². The molecule has 0 aliphatic rings. The zero-order valence-electron chi connectivity index (χ0n) is 12.0. The maximum absolute atomic E-state index is 8.69. The fourth-order valence-electron chi connectivity index (χ4n) is 1.82. The Morgan fingerprint density at radius 3 is 2.63 bits per heavy atom. The number of anilines is 2. The molecular formula is C15H26N2O2. The molecule has 1 aromatic rings. The Bertz CT molecular complexity index is 367. The van der Waals surface area contributed by atoms with Gasteiger partial charge in [-0.3, -0.25) is 0 Å². The molecule has 0 fully saturated rings. The number of nitrogens with one attached hydrogen (secondary N) is 1. The van der Waals surface area contributed by atoms with Crippen LogP contribution in [0.3, 0.4) is 0 Å². The van der Waals surface area contributed by atoms with Gasteiger partial charge in [-0.05, 0) is 38.8 Å². The molecule has 108 valence electrons. The molecule has 0 amide bonds. The van der Waals surface area contributed by atoms with Crippen molar-refractivity contribution in [3.05, 3.63) is 18.2 Å². The molecule has 0 atom stereocenters. The minimum atomic E-state index is 0.121. The first-order valence-corrected chi connectivity index (χ1v) is 7.04. The van der Waals surface area contributed by atoms with Crippen LogP contribution in [0.15, 0.2) is 18.2 Å². The summed E-state index contributed by atoms with van der Waals surface area (Å²) in [5.41, 5.74) is 7.57. The topological polar surface area (TPSA) is 67.5 Å². The van der Waals surface area contributed by atoms with Gasteiger partial charge < -0.3 is 20.9 Å². The summed E-state index contributed by atoms with van der Waals surface area (Å²) in [6, 6.07) is 5.78. The second-order valence-corrected chi connectivity index (χ2v) is 4.98. The summed E-state index contributed by atoms with van der Waals surface area (Å²) in [4.78, 5) is 0. The third kappa shape index (κ3) is 6.34. The fraction of sp³-hybridized carbons (Fsp3) is 0.600. The van der Waals surface area contributed by atoms with Crippen LogP contribution in [0, 0.1) is 0 Å². The van der Waals surface area contributed by atoms with Gasteiger partial charge in [-0.2, -0.15) is 0 Å². The zero-order valence-corrected chi connectivity index (χ0v) is 12.0. The van der Waals surface area contributed by atoms with Crippen LogP contribution in [-0.4, -0.2) is 24.4 Å². The van der Waals surface area contributed by atoms with E-state index < -0.39 is 0 Å². The number of hydrogen-bond acceptors (Lipinski definition) is 4. The molecule has 0 spiro atoms. The molecule has 0 bridgehead atoms. The van der Waals surface area contributed by atoms with Gasteiger partial charge in [0.2, 0.25) is 0 Å². The predicted molar refractivity (Wildman–Crippen MR) is 80.7 cm³/mol. The number of aliphatic hydroxyl groups excluding tert-OH is 1. The van der Waals surface area contributed by atoms with Gasteiger partial charge in [0.15, 0.2) is 0 Å². The third-order valence-corrected chi connectivity index (χ3v) is 2.79. The van der Waals surface area contributed by atoms with Crippen LogP contribution in [0.4, 0.5) is 11.4 Å². The number of nitrogen functional groups attached to an aromatic ring is 1. The first-order chi connectivity index (χ1) is 9.13. The average molecular weight is 266 g/mol. The van der Waals surface area contributed by atoms with Gasteiger partial charge in [-0.15, -0.1) is 0 Å². The van der Waals surface area contributed by atoms with Crippen LogP contribution < -0.4 is 15.8 Å². The van der Waals surface area contributed by atoms with Gasteiger partial charge in [0, 0.05) is 24.9 Å². The zero-order chi connectivity index (χ0) is 14.1. The highest BCUT2D eigenvalue weighted by molar-refractivity contribution is 5.61. The Hall–Kier alpha value is -1.42. The summed E-state index contributed by atoms with van der Waals surface area (Å²) < 4.78 is 5.65. The molecule has 0 unspecified atom stereocenters. The molecule has 0 aliphatic heterocycles. The van der Waals surface area contributed by atoms with E-state index in [-0.39, 0.29) is 6.10 Å². The Balaban J connectivity index is 2.37. The highest BCUT2D eigenvalue weighted by atomic mass is 16.5. The number of unbranched alkanes of at least 4 members (excludes halogenated alkanes) is 3. The molecule has 0 aliphatic carbocycles. The van der Waals surface area contributed by atoms with E-state index in [1.165, 1.54) is 0 Å². The van der Waals surface area contributed by atoms with Crippen molar-refractivity contribution in [1.29, 1.82) is 0 Å². The largest absolute Gasteiger partial charge is 0.489 e. The molecule has 19 heavy (non-hydrogen) atoms. The van der Waals surface area contributed by atoms with Crippen LogP contribution in [0.5, 0.6) is 5.75 Å². The van der Waals surface area contributed by atoms with E-state index in [1.807, 2.05) is 32.0 Å². The minimum Gasteiger partial charge on any atom is -0.489 e. The van der Waals surface area contributed by atoms with E-state index >= 15 is 0 Å². The molecule has 1 rings (SSSR count). The number of rotatable bonds is 9. The van der Waals surface area contributed by atoms with Crippen LogP contribution >= 0.6 is 0 Å². The van der Waals surface area contributed by atoms with Crippen molar-refractivity contribution >= 4 is 11.4 Å². The number of benzene rings is 1. The normalized spacial score (nSPS) is 10.7. The molecule has 4 nitrogen and oxygen atoms in total. The summed E-state index contributed by atoms with van der Waals surface area (Å²) in [5, 5.41) is 12.1. The number of aliphatic hydroxyl groups is 1. The molecule has 0 heterocycles. The summed E-state index contributed by atoms with van der Waals surface area (Å²) >= 11 is 0. The van der Waals surface area contributed by atoms with E-state index in [0.29, 0.717) is 12.3 Å². The predicted octanol–water partition coefficient (Wildman–Crippen LogP) is 3.02. The SMILES string of the molecule is CC(C)Oc1cc(NCCCCCCO)ccc1N. The van der Waals surface area contributed by atoms with E-state index in [1.54, 1.807) is 0 Å². The second kappa shape index (κ2) is 8.64. The van der Waals surface area contributed by atoms with E-state index in [2.05, 4.69) is 5.32 Å². The first kappa shape index (κ1) is 15.6. The fourth-order valence-corrected chi connectivity index (χ4v) is 1.82. The van der Waals surface area contributed by atoms with Crippen molar-refractivity contribution in [3.8, 4) is 5.75 Å². The molecule has 0 radical (unpaired) electrons. The summed E-state index contributed by atoms with van der Waals surface area (Å²) in [6.45, 7) is 5.19. The molecule has 4 heteroatoms. The molecule has 0 aromatic heterocycles. The third-order valence-electron chi connectivity index (χ3n) is 2.79. The monoisotopic (exact) mass is 266 g/mol. The Morgan fingerprint density at radius 2 is 1.95 bits per heavy atom. The summed E-state index contributed by atoms with van der Waals surface area (Å²) in [7, 11) is 0. The van der Waals surface area contributed by atoms with Gasteiger partial charge in [0.25, 0.3) is 0 Å². The maximum atomic E-state index is 8.69. The summed E-state index contributed by atoms with van der Waals surface area (Å²) in [6.07, 6.45) is 4.34. The van der Waals surface area contributed by atoms with Gasteiger partial charge in [0.1, 0.15) is 5.75 Å². The molecule has 4 N–H and O–H groups in total. The number of hydrogen-bond donors (Lipinski definition) is 3. The Labute approximate surface area is 116 Å². The number of nitrogens with two attached hydrogens (primary N) is 1. The molecule has 0 saturated carbocycles. The van der Waals surface area contributed by atoms with Crippen LogP contribution in [0.2, 0.25) is 0 Å². The van der Waals surface area contributed by atoms with Crippen molar-refractivity contribution in [3.63, 3.8) is 0 Å². The Kier molecular flexibility index (Phi) is 7.11. The maximum Gasteiger partial charge on any atom is 0.144 e. The van der Waals surface area contributed by atoms with Crippen LogP contribution in [0.25, 0.3) is 0 Å². The van der Waals surface area contributed by atoms with Crippen molar-refractivity contribution in [2.24, 2.45) is 0 Å². The molecular weight excluding hydrogens is 240 g/mol. The van der Waals surface area contributed by atoms with E-state index in [4.69, 9.17) is 15.6 Å². The van der Waals surface area contributed by atoms with Crippen molar-refractivity contribution in [2.75, 3.05) is 24.2 Å². The van der Waals surface area contributed by atoms with Crippen molar-refractivity contribution < 1.29 is 9.84 Å². The highest BCUT2D eigenvalue weighted by Crippen LogP contribution is 2.26. The first-order valence-electron chi connectivity index (χ1n) is 7.04. The van der Waals surface area contributed by atoms with Gasteiger partial charge in [0.05, 0.1) is 11.8 Å². The van der Waals surface area contributed by atoms with Gasteiger partial charge >= 0.3 is 0 Å². The standard InChI is InChI=1S/C15H26N2O2/c1-12(2)19-15-11-13(7-8-14(15)16)17-9-5-3-4-6-10-18/h7-8,11-12,17-18H,3-6,9-10,16H2,1-2H3. The molecule has 0 saturated heterocycles. The van der Waals surface area contributed by atoms with Crippen molar-refractivity contribution in [2.45, 2.75) is 45.6 Å². The lowest BCUT2D eigenvalue weighted by atomic mass is 10.2. The lowest BCUT2D eigenvalue weighted by Crippen LogP contribution is -2.08. The molecule has 1 aromatic carbocycles. The van der Waals surface area contributed by atoms with E-state index in [9.17, 15) is 0 Å². The lowest BCUT2D eigenvalue weighted by molar-refractivity contribution is 0.244. The van der Waals surface area contributed by atoms with Crippen LogP contribution in [-0.2, 0) is 0 Å². The Morgan fingerprint density at radius 1 is 1.21 bits per heavy atom. The van der Waals surface area contributed by atoms with Gasteiger partial charge in [-0.1, -0.05) is 12.8 Å². The lowest BCUT2D eigenvalue weighted by Gasteiger charge is -2.14. The second-order valence-electron chi connectivity index (χ2n) is 4.98. The van der Waals surface area contributed by atoms with Crippen LogP contribution in [0.1, 0.15) is 39.5 Å².